The molecule has 0 aliphatic carbocycles. The van der Waals surface area contributed by atoms with E-state index in [2.05, 4.69) is 0 Å². The Morgan fingerprint density at radius 2 is 2.25 bits per heavy atom. The zero-order chi connectivity index (χ0) is 12.3. The highest BCUT2D eigenvalue weighted by Crippen LogP contribution is 2.27. The Hall–Kier alpha value is -1.53. The molecular formula is C10H13FN2O3. The summed E-state index contributed by atoms with van der Waals surface area (Å²) in [5, 5.41) is 19.6. The van der Waals surface area contributed by atoms with Crippen LogP contribution in [0, 0.1) is 15.9 Å². The van der Waals surface area contributed by atoms with Gasteiger partial charge in [0.1, 0.15) is 5.82 Å². The number of rotatable bonds is 4. The Labute approximate surface area is 91.8 Å². The van der Waals surface area contributed by atoms with Crippen molar-refractivity contribution in [3.63, 3.8) is 0 Å². The van der Waals surface area contributed by atoms with Crippen LogP contribution in [-0.2, 0) is 5.41 Å². The van der Waals surface area contributed by atoms with Gasteiger partial charge in [-0.2, -0.15) is 0 Å². The van der Waals surface area contributed by atoms with Crippen LogP contribution in [0.2, 0.25) is 0 Å². The molecular weight excluding hydrogens is 215 g/mol. The third-order valence-corrected chi connectivity index (χ3v) is 2.61. The number of hydrogen-bond acceptors (Lipinski definition) is 4. The number of halogens is 1. The minimum absolute atomic E-state index is 0.0538. The standard InChI is InChI=1S/C10H13FN2O3/c1-10(5-12,6-14)8-3-2-7(13(15)16)4-9(8)11/h2-4,14H,5-6,12H2,1H3. The number of nitro benzene ring substituents is 1. The van der Waals surface area contributed by atoms with Gasteiger partial charge in [-0.1, -0.05) is 6.92 Å². The van der Waals surface area contributed by atoms with E-state index >= 15 is 0 Å². The van der Waals surface area contributed by atoms with Crippen LogP contribution in [-0.4, -0.2) is 23.2 Å². The molecule has 0 spiro atoms. The molecule has 1 unspecified atom stereocenters. The third-order valence-electron chi connectivity index (χ3n) is 2.61. The maximum absolute atomic E-state index is 13.6. The van der Waals surface area contributed by atoms with E-state index in [1.54, 1.807) is 6.92 Å². The second-order valence-corrected chi connectivity index (χ2v) is 3.84. The van der Waals surface area contributed by atoms with Gasteiger partial charge >= 0.3 is 0 Å². The molecule has 3 N–H and O–H groups in total. The third kappa shape index (κ3) is 2.17. The van der Waals surface area contributed by atoms with Crippen LogP contribution in [0.1, 0.15) is 12.5 Å². The van der Waals surface area contributed by atoms with Crippen LogP contribution in [0.3, 0.4) is 0 Å². The molecule has 0 saturated heterocycles. The van der Waals surface area contributed by atoms with Crippen molar-refractivity contribution >= 4 is 5.69 Å². The van der Waals surface area contributed by atoms with Crippen molar-refractivity contribution in [3.05, 3.63) is 39.7 Å². The quantitative estimate of drug-likeness (QED) is 0.593. The first-order valence-corrected chi connectivity index (χ1v) is 4.70. The van der Waals surface area contributed by atoms with Crippen LogP contribution in [0.4, 0.5) is 10.1 Å². The second-order valence-electron chi connectivity index (χ2n) is 3.84. The molecule has 6 heteroatoms. The van der Waals surface area contributed by atoms with Crippen LogP contribution >= 0.6 is 0 Å². The number of benzene rings is 1. The van der Waals surface area contributed by atoms with Crippen molar-refractivity contribution in [3.8, 4) is 0 Å². The molecule has 0 saturated carbocycles. The van der Waals surface area contributed by atoms with Gasteiger partial charge in [0.25, 0.3) is 5.69 Å². The average molecular weight is 228 g/mol. The molecule has 0 heterocycles. The van der Waals surface area contributed by atoms with Gasteiger partial charge in [-0.05, 0) is 11.6 Å². The summed E-state index contributed by atoms with van der Waals surface area (Å²) in [6, 6.07) is 3.32. The number of hydrogen-bond donors (Lipinski definition) is 2. The molecule has 0 fully saturated rings. The highest BCUT2D eigenvalue weighted by atomic mass is 19.1. The Morgan fingerprint density at radius 3 is 2.62 bits per heavy atom. The number of nitrogens with two attached hydrogens (primary N) is 1. The SMILES string of the molecule is CC(CN)(CO)c1ccc([N+](=O)[O-])cc1F. The van der Waals surface area contributed by atoms with E-state index in [1.165, 1.54) is 12.1 Å². The van der Waals surface area contributed by atoms with Gasteiger partial charge in [0, 0.05) is 18.0 Å². The zero-order valence-corrected chi connectivity index (χ0v) is 8.81. The van der Waals surface area contributed by atoms with Gasteiger partial charge in [0.05, 0.1) is 17.6 Å². The number of nitrogens with zero attached hydrogens (tertiary/aromatic N) is 1. The number of aliphatic hydroxyl groups excluding tert-OH is 1. The number of nitro groups is 1. The zero-order valence-electron chi connectivity index (χ0n) is 8.81. The van der Waals surface area contributed by atoms with Gasteiger partial charge in [0.15, 0.2) is 0 Å². The summed E-state index contributed by atoms with van der Waals surface area (Å²) in [4.78, 5) is 9.74. The molecule has 1 rings (SSSR count). The fourth-order valence-corrected chi connectivity index (χ4v) is 1.37. The molecule has 5 nitrogen and oxygen atoms in total. The van der Waals surface area contributed by atoms with E-state index in [0.29, 0.717) is 0 Å². The first-order chi connectivity index (χ1) is 7.44. The molecule has 1 aromatic carbocycles. The van der Waals surface area contributed by atoms with E-state index in [1.807, 2.05) is 0 Å². The predicted molar refractivity (Wildman–Crippen MR) is 56.5 cm³/mol. The average Bonchev–Trinajstić information content (AvgIpc) is 2.27. The van der Waals surface area contributed by atoms with Crippen LogP contribution < -0.4 is 5.73 Å². The lowest BCUT2D eigenvalue weighted by atomic mass is 9.83. The van der Waals surface area contributed by atoms with Crippen molar-refractivity contribution in [2.45, 2.75) is 12.3 Å². The van der Waals surface area contributed by atoms with Gasteiger partial charge in [-0.3, -0.25) is 10.1 Å². The van der Waals surface area contributed by atoms with Crippen LogP contribution in [0.15, 0.2) is 18.2 Å². The van der Waals surface area contributed by atoms with Crippen LogP contribution in [0.5, 0.6) is 0 Å². The Balaban J connectivity index is 3.22. The first kappa shape index (κ1) is 12.5. The fraction of sp³-hybridized carbons (Fsp3) is 0.400. The van der Waals surface area contributed by atoms with Gasteiger partial charge in [0.2, 0.25) is 0 Å². The van der Waals surface area contributed by atoms with Crippen molar-refractivity contribution in [2.24, 2.45) is 5.73 Å². The minimum Gasteiger partial charge on any atom is -0.395 e. The second kappa shape index (κ2) is 4.54. The lowest BCUT2D eigenvalue weighted by Gasteiger charge is -2.26. The molecule has 1 atom stereocenters. The van der Waals surface area contributed by atoms with Gasteiger partial charge in [-0.15, -0.1) is 0 Å². The summed E-state index contributed by atoms with van der Waals surface area (Å²) < 4.78 is 13.6. The lowest BCUT2D eigenvalue weighted by molar-refractivity contribution is -0.385. The fourth-order valence-electron chi connectivity index (χ4n) is 1.37. The van der Waals surface area contributed by atoms with E-state index in [-0.39, 0.29) is 24.4 Å². The predicted octanol–water partition coefficient (Wildman–Crippen LogP) is 0.943. The van der Waals surface area contributed by atoms with E-state index < -0.39 is 16.2 Å². The number of aliphatic hydroxyl groups is 1. The summed E-state index contributed by atoms with van der Waals surface area (Å²) in [5.74, 6) is -0.726. The summed E-state index contributed by atoms with van der Waals surface area (Å²) in [6.07, 6.45) is 0. The first-order valence-electron chi connectivity index (χ1n) is 4.70. The van der Waals surface area contributed by atoms with Gasteiger partial charge < -0.3 is 10.8 Å². The molecule has 1 aromatic rings. The number of non-ortho nitro benzene ring substituents is 1. The normalized spacial score (nSPS) is 14.5. The molecule has 0 radical (unpaired) electrons. The molecule has 16 heavy (non-hydrogen) atoms. The summed E-state index contributed by atoms with van der Waals surface area (Å²) >= 11 is 0. The van der Waals surface area contributed by atoms with E-state index in [4.69, 9.17) is 10.8 Å². The molecule has 0 aliphatic rings. The summed E-state index contributed by atoms with van der Waals surface area (Å²) in [5.41, 5.74) is 4.40. The molecule has 88 valence electrons. The minimum atomic E-state index is -0.917. The molecule has 0 amide bonds. The maximum Gasteiger partial charge on any atom is 0.272 e. The highest BCUT2D eigenvalue weighted by Gasteiger charge is 2.28. The van der Waals surface area contributed by atoms with E-state index in [9.17, 15) is 14.5 Å². The lowest BCUT2D eigenvalue weighted by Crippen LogP contribution is -2.36. The van der Waals surface area contributed by atoms with Crippen molar-refractivity contribution in [1.29, 1.82) is 0 Å². The maximum atomic E-state index is 13.6. The van der Waals surface area contributed by atoms with Crippen molar-refractivity contribution in [1.82, 2.24) is 0 Å². The van der Waals surface area contributed by atoms with Crippen molar-refractivity contribution < 1.29 is 14.4 Å². The van der Waals surface area contributed by atoms with Gasteiger partial charge in [-0.25, -0.2) is 4.39 Å². The monoisotopic (exact) mass is 228 g/mol. The summed E-state index contributed by atoms with van der Waals surface area (Å²) in [6.45, 7) is 1.33. The topological polar surface area (TPSA) is 89.4 Å². The molecule has 0 bridgehead atoms. The molecule has 0 aromatic heterocycles. The Bertz CT molecular complexity index is 405. The summed E-state index contributed by atoms with van der Waals surface area (Å²) in [7, 11) is 0. The molecule has 0 aliphatic heterocycles. The van der Waals surface area contributed by atoms with E-state index in [0.717, 1.165) is 6.07 Å². The largest absolute Gasteiger partial charge is 0.395 e. The smallest absolute Gasteiger partial charge is 0.272 e. The highest BCUT2D eigenvalue weighted by molar-refractivity contribution is 5.38. The van der Waals surface area contributed by atoms with Crippen molar-refractivity contribution in [2.75, 3.05) is 13.2 Å². The van der Waals surface area contributed by atoms with Crippen LogP contribution in [0.25, 0.3) is 0 Å². The Morgan fingerprint density at radius 1 is 1.62 bits per heavy atom. The Kier molecular flexibility index (Phi) is 3.56.